The fraction of sp³-hybridized carbons (Fsp3) is 0.362. The minimum absolute atomic E-state index is 0.00424. The van der Waals surface area contributed by atoms with Crippen molar-refractivity contribution in [2.45, 2.75) is 94.4 Å². The molecule has 306 valence electrons. The summed E-state index contributed by atoms with van der Waals surface area (Å²) in [7, 11) is 0. The van der Waals surface area contributed by atoms with Gasteiger partial charge in [-0.25, -0.2) is 0 Å². The zero-order chi connectivity index (χ0) is 39.9. The Bertz CT molecular complexity index is 1870. The van der Waals surface area contributed by atoms with Gasteiger partial charge in [0.05, 0.1) is 46.2 Å². The van der Waals surface area contributed by atoms with Crippen LogP contribution in [-0.4, -0.2) is 89.9 Å². The molecule has 0 bridgehead atoms. The maximum absolute atomic E-state index is 11.7. The summed E-state index contributed by atoms with van der Waals surface area (Å²) >= 11 is 0. The molecule has 5 aromatic rings. The second-order valence-corrected chi connectivity index (χ2v) is 14.5. The molecule has 5 aromatic carbocycles. The highest BCUT2D eigenvalue weighted by molar-refractivity contribution is 5.17. The van der Waals surface area contributed by atoms with Crippen LogP contribution in [0.2, 0.25) is 0 Å². The van der Waals surface area contributed by atoms with E-state index in [1.165, 1.54) is 0 Å². The largest absolute Gasteiger partial charge is 0.387 e. The predicted molar refractivity (Wildman–Crippen MR) is 214 cm³/mol. The molecule has 3 N–H and O–H groups in total. The Morgan fingerprint density at radius 1 is 0.379 bits per heavy atom. The molecule has 11 heteroatoms. The van der Waals surface area contributed by atoms with Gasteiger partial charge in [-0.1, -0.05) is 152 Å². The van der Waals surface area contributed by atoms with Gasteiger partial charge < -0.3 is 53.2 Å². The number of ether oxygens (including phenoxy) is 8. The standard InChI is InChI=1S/C47H52O11/c48-40-38(31-51-26-33-16-6-1-7-17-33)57-47(43(41(40)49)53-28-35-20-10-3-11-21-35)58-42-39(32-52-27-34-18-8-2-9-19-34)56-46(50)45(55-30-37-24-14-5-15-25-37)44(42)54-29-36-22-12-4-13-23-36/h1-25,38-50H,26-32H2/t38?,39?,40-,41?,42+,43?,44?,45?,46+,47-/m0/s1. The van der Waals surface area contributed by atoms with Gasteiger partial charge in [-0.2, -0.15) is 0 Å². The number of hydrogen-bond acceptors (Lipinski definition) is 11. The molecule has 0 saturated carbocycles. The molecule has 58 heavy (non-hydrogen) atoms. The minimum Gasteiger partial charge on any atom is -0.387 e. The zero-order valence-electron chi connectivity index (χ0n) is 32.3. The molecule has 6 unspecified atom stereocenters. The van der Waals surface area contributed by atoms with E-state index in [-0.39, 0.29) is 46.2 Å². The van der Waals surface area contributed by atoms with Crippen LogP contribution in [0.4, 0.5) is 0 Å². The Labute approximate surface area is 339 Å². The molecular weight excluding hydrogens is 741 g/mol. The lowest BCUT2D eigenvalue weighted by molar-refractivity contribution is -0.369. The second-order valence-electron chi connectivity index (χ2n) is 14.5. The van der Waals surface area contributed by atoms with Crippen molar-refractivity contribution in [2.24, 2.45) is 0 Å². The van der Waals surface area contributed by atoms with Crippen LogP contribution in [0.15, 0.2) is 152 Å². The van der Waals surface area contributed by atoms with Gasteiger partial charge in [0, 0.05) is 0 Å². The lowest BCUT2D eigenvalue weighted by Crippen LogP contribution is -2.65. The summed E-state index contributed by atoms with van der Waals surface area (Å²) in [6, 6.07) is 48.1. The Morgan fingerprint density at radius 2 is 0.759 bits per heavy atom. The summed E-state index contributed by atoms with van der Waals surface area (Å²) in [6.07, 6.45) is -11.5. The number of rotatable bonds is 19. The van der Waals surface area contributed by atoms with E-state index in [9.17, 15) is 15.3 Å². The van der Waals surface area contributed by atoms with E-state index in [1.54, 1.807) is 0 Å². The SMILES string of the molecule is OC1C(OCc2ccccc2)[C@H](O[C@@H]2C(COCc3ccccc3)O[C@@H](O)C(OCc3ccccc3)C2OCc2ccccc2)OC(COCc2ccccc2)[C@@H]1O. The van der Waals surface area contributed by atoms with Gasteiger partial charge in [-0.3, -0.25) is 0 Å². The van der Waals surface area contributed by atoms with Crippen molar-refractivity contribution in [2.75, 3.05) is 13.2 Å². The molecule has 7 rings (SSSR count). The van der Waals surface area contributed by atoms with Crippen LogP contribution in [-0.2, 0) is 70.9 Å². The molecule has 0 spiro atoms. The molecular formula is C47H52O11. The maximum Gasteiger partial charge on any atom is 0.187 e. The topological polar surface area (TPSA) is 135 Å². The van der Waals surface area contributed by atoms with Crippen LogP contribution in [0.1, 0.15) is 27.8 Å². The second kappa shape index (κ2) is 21.6. The lowest BCUT2D eigenvalue weighted by Gasteiger charge is -2.48. The normalized spacial score (nSPS) is 27.3. The van der Waals surface area contributed by atoms with E-state index >= 15 is 0 Å². The summed E-state index contributed by atoms with van der Waals surface area (Å²) < 4.78 is 51.3. The van der Waals surface area contributed by atoms with Crippen molar-refractivity contribution < 1.29 is 53.2 Å². The quantitative estimate of drug-likeness (QED) is 0.0948. The molecule has 0 radical (unpaired) electrons. The first-order valence-corrected chi connectivity index (χ1v) is 19.7. The average molecular weight is 793 g/mol. The molecule has 10 atom stereocenters. The first kappa shape index (κ1) is 41.8. The number of aliphatic hydroxyl groups is 3. The highest BCUT2D eigenvalue weighted by atomic mass is 16.7. The Kier molecular flexibility index (Phi) is 15.6. The Balaban J connectivity index is 1.18. The Morgan fingerprint density at radius 3 is 1.21 bits per heavy atom. The third-order valence-corrected chi connectivity index (χ3v) is 10.2. The highest BCUT2D eigenvalue weighted by Crippen LogP contribution is 2.34. The van der Waals surface area contributed by atoms with E-state index in [2.05, 4.69) is 0 Å². The average Bonchev–Trinajstić information content (AvgIpc) is 3.26. The molecule has 2 aliphatic rings. The van der Waals surface area contributed by atoms with Crippen molar-refractivity contribution in [3.63, 3.8) is 0 Å². The molecule has 2 heterocycles. The summed E-state index contributed by atoms with van der Waals surface area (Å²) in [5.74, 6) is 0. The maximum atomic E-state index is 11.7. The van der Waals surface area contributed by atoms with E-state index in [0.717, 1.165) is 27.8 Å². The third-order valence-electron chi connectivity index (χ3n) is 10.2. The van der Waals surface area contributed by atoms with Gasteiger partial charge in [0.2, 0.25) is 0 Å². The van der Waals surface area contributed by atoms with E-state index < -0.39 is 61.4 Å². The summed E-state index contributed by atoms with van der Waals surface area (Å²) in [5.41, 5.74) is 4.54. The van der Waals surface area contributed by atoms with Crippen LogP contribution >= 0.6 is 0 Å². The fourth-order valence-electron chi connectivity index (χ4n) is 7.08. The van der Waals surface area contributed by atoms with Crippen LogP contribution in [0.3, 0.4) is 0 Å². The van der Waals surface area contributed by atoms with E-state index in [0.29, 0.717) is 0 Å². The monoisotopic (exact) mass is 792 g/mol. The molecule has 0 aromatic heterocycles. The summed E-state index contributed by atoms with van der Waals surface area (Å²) in [5, 5.41) is 34.7. The molecule has 2 saturated heterocycles. The first-order valence-electron chi connectivity index (χ1n) is 19.7. The zero-order valence-corrected chi connectivity index (χ0v) is 32.3. The molecule has 2 fully saturated rings. The van der Waals surface area contributed by atoms with Crippen molar-refractivity contribution >= 4 is 0 Å². The van der Waals surface area contributed by atoms with Crippen LogP contribution in [0, 0.1) is 0 Å². The number of aliphatic hydroxyl groups excluding tert-OH is 3. The van der Waals surface area contributed by atoms with Gasteiger partial charge in [-0.15, -0.1) is 0 Å². The predicted octanol–water partition coefficient (Wildman–Crippen LogP) is 5.73. The van der Waals surface area contributed by atoms with Crippen molar-refractivity contribution in [3.05, 3.63) is 179 Å². The van der Waals surface area contributed by atoms with Gasteiger partial charge >= 0.3 is 0 Å². The number of hydrogen-bond donors (Lipinski definition) is 3. The van der Waals surface area contributed by atoms with Crippen LogP contribution in [0.25, 0.3) is 0 Å². The summed E-state index contributed by atoms with van der Waals surface area (Å²) in [4.78, 5) is 0. The van der Waals surface area contributed by atoms with Crippen LogP contribution in [0.5, 0.6) is 0 Å². The molecule has 11 nitrogen and oxygen atoms in total. The van der Waals surface area contributed by atoms with E-state index in [1.807, 2.05) is 152 Å². The van der Waals surface area contributed by atoms with Crippen molar-refractivity contribution in [1.82, 2.24) is 0 Å². The molecule has 0 aliphatic carbocycles. The molecule has 2 aliphatic heterocycles. The minimum atomic E-state index is -1.43. The van der Waals surface area contributed by atoms with Gasteiger partial charge in [0.15, 0.2) is 12.6 Å². The summed E-state index contributed by atoms with van der Waals surface area (Å²) in [6.45, 7) is 0.942. The number of benzene rings is 5. The highest BCUT2D eigenvalue weighted by Gasteiger charge is 2.53. The smallest absolute Gasteiger partial charge is 0.187 e. The van der Waals surface area contributed by atoms with Gasteiger partial charge in [0.1, 0.15) is 48.8 Å². The lowest BCUT2D eigenvalue weighted by atomic mass is 9.96. The van der Waals surface area contributed by atoms with Gasteiger partial charge in [-0.05, 0) is 27.8 Å². The van der Waals surface area contributed by atoms with Crippen molar-refractivity contribution in [3.8, 4) is 0 Å². The molecule has 0 amide bonds. The first-order chi connectivity index (χ1) is 28.5. The van der Waals surface area contributed by atoms with Crippen molar-refractivity contribution in [1.29, 1.82) is 0 Å². The van der Waals surface area contributed by atoms with E-state index in [4.69, 9.17) is 37.9 Å². The van der Waals surface area contributed by atoms with Crippen LogP contribution < -0.4 is 0 Å². The van der Waals surface area contributed by atoms with Gasteiger partial charge in [0.25, 0.3) is 0 Å². The third kappa shape index (κ3) is 11.7. The fourth-order valence-corrected chi connectivity index (χ4v) is 7.08. The Hall–Kier alpha value is -4.34.